The zero-order valence-electron chi connectivity index (χ0n) is 7.79. The van der Waals surface area contributed by atoms with Gasteiger partial charge in [-0.3, -0.25) is 0 Å². The zero-order valence-corrected chi connectivity index (χ0v) is 7.79. The van der Waals surface area contributed by atoms with Gasteiger partial charge in [0.1, 0.15) is 0 Å². The smallest absolute Gasteiger partial charge is 0.250 e. The molecule has 0 bridgehead atoms. The second-order valence-corrected chi connectivity index (χ2v) is 3.77. The molecule has 1 aromatic heterocycles. The van der Waals surface area contributed by atoms with Crippen LogP contribution in [0.2, 0.25) is 0 Å². The molecular weight excluding hydrogens is 188 g/mol. The van der Waals surface area contributed by atoms with Crippen LogP contribution in [0, 0.1) is 0 Å². The summed E-state index contributed by atoms with van der Waals surface area (Å²) in [5.41, 5.74) is 6.14. The van der Waals surface area contributed by atoms with Crippen LogP contribution in [-0.2, 0) is 6.54 Å². The minimum atomic E-state index is -2.50. The quantitative estimate of drug-likeness (QED) is 0.791. The van der Waals surface area contributed by atoms with Crippen molar-refractivity contribution in [1.29, 1.82) is 0 Å². The molecule has 0 aromatic carbocycles. The Morgan fingerprint density at radius 1 is 1.64 bits per heavy atom. The first-order valence-corrected chi connectivity index (χ1v) is 4.71. The Bertz CT molecular complexity index is 322. The third-order valence-corrected chi connectivity index (χ3v) is 2.66. The van der Waals surface area contributed by atoms with E-state index in [1.54, 1.807) is 17.1 Å². The van der Waals surface area contributed by atoms with Crippen molar-refractivity contribution in [3.63, 3.8) is 0 Å². The summed E-state index contributed by atoms with van der Waals surface area (Å²) < 4.78 is 27.6. The number of nitrogens with two attached hydrogens (primary N) is 1. The molecule has 1 fully saturated rings. The van der Waals surface area contributed by atoms with E-state index >= 15 is 0 Å². The summed E-state index contributed by atoms with van der Waals surface area (Å²) in [4.78, 5) is 4.02. The van der Waals surface area contributed by atoms with Crippen LogP contribution < -0.4 is 5.73 Å². The van der Waals surface area contributed by atoms with Gasteiger partial charge >= 0.3 is 0 Å². The molecule has 1 heterocycles. The van der Waals surface area contributed by atoms with Gasteiger partial charge in [0.2, 0.25) is 5.92 Å². The molecule has 0 radical (unpaired) electrons. The number of aromatic nitrogens is 2. The van der Waals surface area contributed by atoms with Crippen LogP contribution in [0.25, 0.3) is 0 Å². The van der Waals surface area contributed by atoms with E-state index in [1.165, 1.54) is 0 Å². The van der Waals surface area contributed by atoms with Crippen LogP contribution in [-0.4, -0.2) is 15.5 Å². The summed E-state index contributed by atoms with van der Waals surface area (Å²) >= 11 is 0. The molecule has 2 N–H and O–H groups in total. The number of halogens is 2. The van der Waals surface area contributed by atoms with Crippen molar-refractivity contribution in [2.75, 3.05) is 0 Å². The Morgan fingerprint density at radius 2 is 2.43 bits per heavy atom. The molecule has 78 valence electrons. The van der Waals surface area contributed by atoms with Crippen molar-refractivity contribution in [2.45, 2.75) is 37.8 Å². The van der Waals surface area contributed by atoms with Crippen molar-refractivity contribution in [3.8, 4) is 0 Å². The van der Waals surface area contributed by atoms with Crippen LogP contribution in [0.4, 0.5) is 8.78 Å². The number of hydrogen-bond donors (Lipinski definition) is 1. The number of alkyl halides is 2. The molecule has 14 heavy (non-hydrogen) atoms. The first kappa shape index (κ1) is 9.58. The predicted molar refractivity (Wildman–Crippen MR) is 48.0 cm³/mol. The molecule has 1 saturated carbocycles. The van der Waals surface area contributed by atoms with Gasteiger partial charge in [0, 0.05) is 31.6 Å². The maximum Gasteiger partial charge on any atom is 0.250 e. The van der Waals surface area contributed by atoms with E-state index in [9.17, 15) is 8.78 Å². The van der Waals surface area contributed by atoms with E-state index in [4.69, 9.17) is 5.73 Å². The Kier molecular flexibility index (Phi) is 2.26. The molecule has 1 aliphatic carbocycles. The predicted octanol–water partition coefficient (Wildman–Crippen LogP) is 1.70. The minimum Gasteiger partial charge on any atom is -0.334 e. The molecule has 0 amide bonds. The molecule has 1 aromatic rings. The van der Waals surface area contributed by atoms with Gasteiger partial charge in [-0.1, -0.05) is 0 Å². The Hall–Kier alpha value is -0.970. The van der Waals surface area contributed by atoms with E-state index in [2.05, 4.69) is 4.98 Å². The third-order valence-electron chi connectivity index (χ3n) is 2.66. The molecule has 1 aliphatic rings. The summed E-state index contributed by atoms with van der Waals surface area (Å²) in [7, 11) is 0. The lowest BCUT2D eigenvalue weighted by molar-refractivity contribution is 0.00563. The summed E-state index contributed by atoms with van der Waals surface area (Å²) in [6.45, 7) is 0.357. The fourth-order valence-corrected chi connectivity index (χ4v) is 1.87. The second-order valence-electron chi connectivity index (χ2n) is 3.77. The number of hydrogen-bond acceptors (Lipinski definition) is 2. The van der Waals surface area contributed by atoms with Crippen LogP contribution in [0.3, 0.4) is 0 Å². The van der Waals surface area contributed by atoms with E-state index < -0.39 is 5.92 Å². The largest absolute Gasteiger partial charge is 0.334 e. The zero-order chi connectivity index (χ0) is 10.2. The van der Waals surface area contributed by atoms with Crippen LogP contribution in [0.5, 0.6) is 0 Å². The standard InChI is InChI=1S/C9H13F2N3/c10-9(11)2-1-8(3-9)14-5-7(4-12)13-6-14/h5-6,8H,1-4,12H2. The topological polar surface area (TPSA) is 43.8 Å². The maximum absolute atomic E-state index is 12.9. The van der Waals surface area contributed by atoms with Gasteiger partial charge in [-0.15, -0.1) is 0 Å². The first-order valence-electron chi connectivity index (χ1n) is 4.71. The van der Waals surface area contributed by atoms with E-state index in [0.717, 1.165) is 5.69 Å². The molecule has 1 atom stereocenters. The average Bonchev–Trinajstić information content (AvgIpc) is 2.70. The molecule has 5 heteroatoms. The molecular formula is C9H13F2N3. The molecule has 1 unspecified atom stereocenters. The number of imidazole rings is 1. The van der Waals surface area contributed by atoms with Gasteiger partial charge in [-0.2, -0.15) is 0 Å². The molecule has 3 nitrogen and oxygen atoms in total. The van der Waals surface area contributed by atoms with Crippen molar-refractivity contribution < 1.29 is 8.78 Å². The summed E-state index contributed by atoms with van der Waals surface area (Å²) in [5, 5.41) is 0. The van der Waals surface area contributed by atoms with Gasteiger partial charge in [-0.05, 0) is 6.42 Å². The van der Waals surface area contributed by atoms with Crippen LogP contribution in [0.1, 0.15) is 31.0 Å². The highest BCUT2D eigenvalue weighted by atomic mass is 19.3. The lowest BCUT2D eigenvalue weighted by Gasteiger charge is -2.11. The van der Waals surface area contributed by atoms with Gasteiger partial charge in [-0.25, -0.2) is 13.8 Å². The lowest BCUT2D eigenvalue weighted by atomic mass is 10.2. The van der Waals surface area contributed by atoms with Crippen molar-refractivity contribution in [2.24, 2.45) is 5.73 Å². The first-order chi connectivity index (χ1) is 6.61. The molecule has 0 spiro atoms. The highest BCUT2D eigenvalue weighted by Gasteiger charge is 2.40. The maximum atomic E-state index is 12.9. The van der Waals surface area contributed by atoms with Gasteiger partial charge in [0.15, 0.2) is 0 Å². The minimum absolute atomic E-state index is 0.0200. The third kappa shape index (κ3) is 1.77. The number of nitrogens with zero attached hydrogens (tertiary/aromatic N) is 2. The Labute approximate surface area is 80.9 Å². The van der Waals surface area contributed by atoms with Gasteiger partial charge in [0.05, 0.1) is 12.0 Å². The summed E-state index contributed by atoms with van der Waals surface area (Å²) in [5.74, 6) is -2.50. The monoisotopic (exact) mass is 201 g/mol. The number of rotatable bonds is 2. The van der Waals surface area contributed by atoms with Gasteiger partial charge in [0.25, 0.3) is 0 Å². The highest BCUT2D eigenvalue weighted by molar-refractivity contribution is 4.99. The molecule has 0 aliphatic heterocycles. The SMILES string of the molecule is NCc1cn(C2CCC(F)(F)C2)cn1. The van der Waals surface area contributed by atoms with Crippen molar-refractivity contribution >= 4 is 0 Å². The van der Waals surface area contributed by atoms with E-state index in [1.807, 2.05) is 0 Å². The fraction of sp³-hybridized carbons (Fsp3) is 0.667. The Balaban J connectivity index is 2.09. The summed E-state index contributed by atoms with van der Waals surface area (Å²) in [6.07, 6.45) is 3.77. The van der Waals surface area contributed by atoms with Crippen LogP contribution in [0.15, 0.2) is 12.5 Å². The Morgan fingerprint density at radius 3 is 2.93 bits per heavy atom. The molecule has 2 rings (SSSR count). The van der Waals surface area contributed by atoms with E-state index in [0.29, 0.717) is 13.0 Å². The fourth-order valence-electron chi connectivity index (χ4n) is 1.87. The highest BCUT2D eigenvalue weighted by Crippen LogP contribution is 2.41. The van der Waals surface area contributed by atoms with E-state index in [-0.39, 0.29) is 18.9 Å². The van der Waals surface area contributed by atoms with Gasteiger partial charge < -0.3 is 10.3 Å². The van der Waals surface area contributed by atoms with Crippen LogP contribution >= 0.6 is 0 Å². The summed E-state index contributed by atoms with van der Waals surface area (Å²) in [6, 6.07) is -0.113. The van der Waals surface area contributed by atoms with Crippen molar-refractivity contribution in [3.05, 3.63) is 18.2 Å². The average molecular weight is 201 g/mol. The van der Waals surface area contributed by atoms with Crippen molar-refractivity contribution in [1.82, 2.24) is 9.55 Å². The second kappa shape index (κ2) is 3.31. The normalized spacial score (nSPS) is 25.5. The lowest BCUT2D eigenvalue weighted by Crippen LogP contribution is -2.11. The molecule has 0 saturated heterocycles.